The second-order valence-electron chi connectivity index (χ2n) is 10.8. The van der Waals surface area contributed by atoms with Gasteiger partial charge < -0.3 is 24.5 Å². The molecule has 0 saturated carbocycles. The van der Waals surface area contributed by atoms with Gasteiger partial charge in [-0.2, -0.15) is 0 Å². The Morgan fingerprint density at radius 3 is 2.38 bits per heavy atom. The Balaban J connectivity index is 1.41. The van der Waals surface area contributed by atoms with Crippen LogP contribution in [0.2, 0.25) is 0 Å². The molecule has 0 aromatic heterocycles. The molecule has 4 heterocycles. The van der Waals surface area contributed by atoms with Crippen LogP contribution in [-0.2, 0) is 25.7 Å². The molecule has 1 N–H and O–H groups in total. The zero-order valence-electron chi connectivity index (χ0n) is 22.2. The number of fused-ring (bicyclic) bond motifs is 2. The third kappa shape index (κ3) is 3.93. The number of benzene rings is 2. The summed E-state index contributed by atoms with van der Waals surface area (Å²) in [7, 11) is 0. The summed E-state index contributed by atoms with van der Waals surface area (Å²) < 4.78 is 6.66. The van der Waals surface area contributed by atoms with E-state index in [1.165, 1.54) is 4.90 Å². The highest BCUT2D eigenvalue weighted by molar-refractivity contribution is 6.06. The lowest BCUT2D eigenvalue weighted by atomic mass is 9.77. The van der Waals surface area contributed by atoms with Gasteiger partial charge in [0.1, 0.15) is 11.6 Å². The van der Waals surface area contributed by atoms with Gasteiger partial charge in [0.15, 0.2) is 0 Å². The van der Waals surface area contributed by atoms with E-state index in [0.717, 1.165) is 22.4 Å². The largest absolute Gasteiger partial charge is 0.395 e. The number of ether oxygens (including phenoxy) is 1. The summed E-state index contributed by atoms with van der Waals surface area (Å²) in [5.41, 5.74) is 2.41. The van der Waals surface area contributed by atoms with Crippen LogP contribution in [0.15, 0.2) is 72.8 Å². The van der Waals surface area contributed by atoms with E-state index in [4.69, 9.17) is 4.74 Å². The van der Waals surface area contributed by atoms with Crippen molar-refractivity contribution in [1.82, 2.24) is 9.80 Å². The Labute approximate surface area is 228 Å². The molecule has 2 saturated heterocycles. The van der Waals surface area contributed by atoms with Crippen LogP contribution < -0.4 is 4.90 Å². The van der Waals surface area contributed by atoms with Gasteiger partial charge in [-0.1, -0.05) is 72.8 Å². The number of rotatable bonds is 5. The van der Waals surface area contributed by atoms with Gasteiger partial charge in [-0.3, -0.25) is 14.4 Å². The van der Waals surface area contributed by atoms with Crippen molar-refractivity contribution in [2.75, 3.05) is 31.1 Å². The van der Waals surface area contributed by atoms with Gasteiger partial charge in [-0.15, -0.1) is 0 Å². The summed E-state index contributed by atoms with van der Waals surface area (Å²) in [5.74, 6) is -2.40. The highest BCUT2D eigenvalue weighted by Crippen LogP contribution is 2.53. The van der Waals surface area contributed by atoms with Crippen LogP contribution in [0.25, 0.3) is 0 Å². The fourth-order valence-corrected chi connectivity index (χ4v) is 6.91. The predicted octanol–water partition coefficient (Wildman–Crippen LogP) is 2.38. The lowest BCUT2D eigenvalue weighted by Crippen LogP contribution is -2.56. The number of likely N-dealkylation sites (tertiary alicyclic amines) is 1. The predicted molar refractivity (Wildman–Crippen MR) is 146 cm³/mol. The van der Waals surface area contributed by atoms with Crippen molar-refractivity contribution in [1.29, 1.82) is 0 Å². The van der Waals surface area contributed by atoms with E-state index in [1.807, 2.05) is 86.7 Å². The molecule has 2 aromatic rings. The molecule has 202 valence electrons. The molecule has 39 heavy (non-hydrogen) atoms. The molecule has 0 bridgehead atoms. The molecular weight excluding hydrogens is 494 g/mol. The summed E-state index contributed by atoms with van der Waals surface area (Å²) in [5, 5.41) is 9.90. The quantitative estimate of drug-likeness (QED) is 0.603. The average molecular weight is 528 g/mol. The highest BCUT2D eigenvalue weighted by atomic mass is 16.5. The minimum absolute atomic E-state index is 0.0135. The fourth-order valence-electron chi connectivity index (χ4n) is 6.91. The highest BCUT2D eigenvalue weighted by Gasteiger charge is 2.71. The minimum Gasteiger partial charge on any atom is -0.395 e. The van der Waals surface area contributed by atoms with Crippen LogP contribution in [0, 0.1) is 25.7 Å². The molecule has 8 nitrogen and oxygen atoms in total. The summed E-state index contributed by atoms with van der Waals surface area (Å²) in [6, 6.07) is 14.6. The number of aryl methyl sites for hydroxylation is 2. The van der Waals surface area contributed by atoms with E-state index in [2.05, 4.69) is 0 Å². The standard InChI is InChI=1S/C31H33N3O5/c1-20-9-6-10-21(2)26(20)33-16-8-14-31-25(29(37)34(17-18-35)27(31)30(33)38)24-23(39-31)13-7-15-32(28(24)36)19-22-11-4-3-5-12-22/h3-14,23-25,27,35H,15-19H2,1-2H3/t23-,24+,25-,27?,31-/m0/s1. The maximum absolute atomic E-state index is 14.4. The second kappa shape index (κ2) is 9.77. The summed E-state index contributed by atoms with van der Waals surface area (Å²) in [4.78, 5) is 47.4. The first-order valence-electron chi connectivity index (χ1n) is 13.5. The van der Waals surface area contributed by atoms with Gasteiger partial charge >= 0.3 is 0 Å². The van der Waals surface area contributed by atoms with Crippen molar-refractivity contribution in [3.05, 3.63) is 89.5 Å². The van der Waals surface area contributed by atoms with Crippen LogP contribution in [0.1, 0.15) is 16.7 Å². The van der Waals surface area contributed by atoms with E-state index in [-0.39, 0.29) is 30.9 Å². The Morgan fingerprint density at radius 1 is 0.923 bits per heavy atom. The average Bonchev–Trinajstić information content (AvgIpc) is 3.23. The number of para-hydroxylation sites is 1. The molecule has 0 aliphatic carbocycles. The van der Waals surface area contributed by atoms with Crippen molar-refractivity contribution in [2.24, 2.45) is 11.8 Å². The topological polar surface area (TPSA) is 90.4 Å². The van der Waals surface area contributed by atoms with Crippen LogP contribution >= 0.6 is 0 Å². The first-order chi connectivity index (χ1) is 18.9. The Bertz CT molecular complexity index is 1350. The molecule has 0 radical (unpaired) electrons. The van der Waals surface area contributed by atoms with Gasteiger partial charge in [-0.25, -0.2) is 0 Å². The van der Waals surface area contributed by atoms with Crippen molar-refractivity contribution in [3.63, 3.8) is 0 Å². The van der Waals surface area contributed by atoms with Crippen molar-refractivity contribution < 1.29 is 24.2 Å². The number of carbonyl (C=O) groups excluding carboxylic acids is 3. The lowest BCUT2D eigenvalue weighted by Gasteiger charge is -2.35. The van der Waals surface area contributed by atoms with E-state index < -0.39 is 29.6 Å². The van der Waals surface area contributed by atoms with Gasteiger partial charge in [0.05, 0.1) is 24.5 Å². The number of aliphatic hydroxyl groups excluding tert-OH is 1. The number of amides is 3. The Hall–Kier alpha value is -3.75. The minimum atomic E-state index is -1.31. The summed E-state index contributed by atoms with van der Waals surface area (Å²) in [6.45, 7) is 4.76. The SMILES string of the molecule is Cc1cccc(C)c1N1CC=C[C@]23O[C@H]4C=CCN(Cc5ccccc5)C(=O)[C@H]4[C@H]2C(=O)N(CCO)C3C1=O. The maximum Gasteiger partial charge on any atom is 0.253 e. The molecule has 2 fully saturated rings. The van der Waals surface area contributed by atoms with E-state index >= 15 is 0 Å². The third-order valence-corrected chi connectivity index (χ3v) is 8.51. The van der Waals surface area contributed by atoms with Crippen LogP contribution in [0.5, 0.6) is 0 Å². The number of hydrogen-bond donors (Lipinski definition) is 1. The molecule has 1 spiro atoms. The van der Waals surface area contributed by atoms with E-state index in [1.54, 1.807) is 9.80 Å². The molecule has 5 atom stereocenters. The van der Waals surface area contributed by atoms with Crippen LogP contribution in [0.3, 0.4) is 0 Å². The smallest absolute Gasteiger partial charge is 0.253 e. The molecule has 4 aliphatic rings. The molecule has 1 unspecified atom stereocenters. The molecule has 2 aromatic carbocycles. The van der Waals surface area contributed by atoms with E-state index in [9.17, 15) is 19.5 Å². The van der Waals surface area contributed by atoms with Gasteiger partial charge in [0.25, 0.3) is 5.91 Å². The number of hydrogen-bond acceptors (Lipinski definition) is 5. The maximum atomic E-state index is 14.4. The molecular formula is C31H33N3O5. The van der Waals surface area contributed by atoms with Crippen molar-refractivity contribution in [3.8, 4) is 0 Å². The van der Waals surface area contributed by atoms with Crippen molar-refractivity contribution >= 4 is 23.4 Å². The number of aliphatic hydroxyl groups is 1. The summed E-state index contributed by atoms with van der Waals surface area (Å²) in [6.07, 6.45) is 6.87. The zero-order chi connectivity index (χ0) is 27.3. The third-order valence-electron chi connectivity index (χ3n) is 8.51. The normalized spacial score (nSPS) is 29.8. The number of nitrogens with zero attached hydrogens (tertiary/aromatic N) is 3. The molecule has 4 aliphatic heterocycles. The van der Waals surface area contributed by atoms with Gasteiger partial charge in [0, 0.05) is 31.9 Å². The van der Waals surface area contributed by atoms with Gasteiger partial charge in [0.2, 0.25) is 11.8 Å². The number of β-amino-alcohol motifs (C(OH)–C–C–N with tert-alkyl or cyclic N) is 1. The second-order valence-corrected chi connectivity index (χ2v) is 10.8. The van der Waals surface area contributed by atoms with Crippen LogP contribution in [0.4, 0.5) is 5.69 Å². The summed E-state index contributed by atoms with van der Waals surface area (Å²) >= 11 is 0. The zero-order valence-corrected chi connectivity index (χ0v) is 22.2. The van der Waals surface area contributed by atoms with E-state index in [0.29, 0.717) is 19.6 Å². The lowest BCUT2D eigenvalue weighted by molar-refractivity contribution is -0.145. The fraction of sp³-hybridized carbons (Fsp3) is 0.387. The monoisotopic (exact) mass is 527 g/mol. The first-order valence-corrected chi connectivity index (χ1v) is 13.5. The van der Waals surface area contributed by atoms with Crippen molar-refractivity contribution in [2.45, 2.75) is 38.1 Å². The number of anilines is 1. The molecule has 3 amide bonds. The Kier molecular flexibility index (Phi) is 6.40. The number of carbonyl (C=O) groups is 3. The first kappa shape index (κ1) is 25.5. The molecule has 8 heteroatoms. The Morgan fingerprint density at radius 2 is 1.67 bits per heavy atom. The van der Waals surface area contributed by atoms with Crippen LogP contribution in [-0.4, -0.2) is 76.6 Å². The van der Waals surface area contributed by atoms with Gasteiger partial charge in [-0.05, 0) is 30.5 Å². The molecule has 6 rings (SSSR count).